The van der Waals surface area contributed by atoms with E-state index in [4.69, 9.17) is 22.9 Å². The third-order valence-corrected chi connectivity index (χ3v) is 6.08. The molecule has 13 N–H and O–H groups in total. The van der Waals surface area contributed by atoms with Crippen LogP contribution in [0.1, 0.15) is 44.2 Å². The van der Waals surface area contributed by atoms with E-state index in [-0.39, 0.29) is 29.6 Å². The van der Waals surface area contributed by atoms with Crippen LogP contribution in [0.2, 0.25) is 0 Å². The van der Waals surface area contributed by atoms with Gasteiger partial charge in [-0.25, -0.2) is 0 Å². The summed E-state index contributed by atoms with van der Waals surface area (Å²) in [6.07, 6.45) is 1.20. The Hall–Kier alpha value is -5.53. The van der Waals surface area contributed by atoms with Gasteiger partial charge in [-0.15, -0.1) is 0 Å². The SMILES string of the molecule is NC(N)=NCCCNC(=O)c1ccc2[nH]c(C(=O)Nc3ccc4cc(C(=O)NCCCN=C(N)N)[nH]c4c3)cc2c1. The first-order valence-corrected chi connectivity index (χ1v) is 12.9. The van der Waals surface area contributed by atoms with Crippen molar-refractivity contribution in [2.24, 2.45) is 32.9 Å². The molecule has 0 atom stereocenters. The molecular weight excluding hydrogens is 526 g/mol. The summed E-state index contributed by atoms with van der Waals surface area (Å²) in [6.45, 7) is 1.69. The average molecular weight is 560 g/mol. The van der Waals surface area contributed by atoms with Gasteiger partial charge >= 0.3 is 0 Å². The Morgan fingerprint density at radius 2 is 1.27 bits per heavy atom. The van der Waals surface area contributed by atoms with Crippen molar-refractivity contribution >= 4 is 57.1 Å². The van der Waals surface area contributed by atoms with Crippen LogP contribution in [0.3, 0.4) is 0 Å². The molecule has 0 aliphatic heterocycles. The molecule has 0 saturated heterocycles. The number of benzene rings is 2. The predicted octanol–water partition coefficient (Wildman–Crippen LogP) is 0.688. The number of anilines is 1. The van der Waals surface area contributed by atoms with Crippen LogP contribution in [0.5, 0.6) is 0 Å². The maximum absolute atomic E-state index is 13.0. The molecule has 0 saturated carbocycles. The summed E-state index contributed by atoms with van der Waals surface area (Å²) < 4.78 is 0. The van der Waals surface area contributed by atoms with Gasteiger partial charge in [0, 0.05) is 59.2 Å². The first-order valence-electron chi connectivity index (χ1n) is 12.9. The highest BCUT2D eigenvalue weighted by Gasteiger charge is 2.14. The zero-order chi connectivity index (χ0) is 29.4. The van der Waals surface area contributed by atoms with Gasteiger partial charge < -0.3 is 48.9 Å². The lowest BCUT2D eigenvalue weighted by Crippen LogP contribution is -2.26. The first-order chi connectivity index (χ1) is 19.7. The van der Waals surface area contributed by atoms with Crippen LogP contribution in [0.25, 0.3) is 21.8 Å². The van der Waals surface area contributed by atoms with Gasteiger partial charge in [0.1, 0.15) is 11.4 Å². The van der Waals surface area contributed by atoms with Crippen molar-refractivity contribution in [3.8, 4) is 0 Å². The Bertz CT molecular complexity index is 1630. The van der Waals surface area contributed by atoms with Gasteiger partial charge in [-0.2, -0.15) is 0 Å². The molecule has 214 valence electrons. The molecule has 3 amide bonds. The molecule has 0 fully saturated rings. The molecule has 14 heteroatoms. The Morgan fingerprint density at radius 1 is 0.659 bits per heavy atom. The molecule has 4 rings (SSSR count). The summed E-state index contributed by atoms with van der Waals surface area (Å²) in [5, 5.41) is 10.0. The third kappa shape index (κ3) is 7.75. The topological polar surface area (TPSA) is 248 Å². The zero-order valence-corrected chi connectivity index (χ0v) is 22.3. The molecule has 41 heavy (non-hydrogen) atoms. The van der Waals surface area contributed by atoms with E-state index in [1.807, 2.05) is 6.07 Å². The number of guanidine groups is 2. The van der Waals surface area contributed by atoms with Crippen LogP contribution in [-0.2, 0) is 0 Å². The van der Waals surface area contributed by atoms with Crippen LogP contribution in [0.4, 0.5) is 5.69 Å². The van der Waals surface area contributed by atoms with E-state index in [0.29, 0.717) is 72.7 Å². The fraction of sp³-hybridized carbons (Fsp3) is 0.222. The number of fused-ring (bicyclic) bond motifs is 2. The molecule has 2 aromatic heterocycles. The van der Waals surface area contributed by atoms with Crippen molar-refractivity contribution in [1.82, 2.24) is 20.6 Å². The number of H-pyrrole nitrogens is 2. The molecular formula is C27H33N11O3. The number of carbonyl (C=O) groups is 3. The minimum absolute atomic E-state index is 0.0154. The highest BCUT2D eigenvalue weighted by molar-refractivity contribution is 6.08. The number of amides is 3. The second kappa shape index (κ2) is 13.0. The van der Waals surface area contributed by atoms with Crippen LogP contribution >= 0.6 is 0 Å². The lowest BCUT2D eigenvalue weighted by molar-refractivity contribution is 0.0943. The minimum Gasteiger partial charge on any atom is -0.370 e. The van der Waals surface area contributed by atoms with Crippen molar-refractivity contribution in [3.05, 3.63) is 65.5 Å². The number of carbonyl (C=O) groups excluding carboxylic acids is 3. The molecule has 0 aliphatic rings. The Morgan fingerprint density at radius 3 is 1.95 bits per heavy atom. The van der Waals surface area contributed by atoms with Gasteiger partial charge in [-0.05, 0) is 55.3 Å². The maximum atomic E-state index is 13.0. The normalized spacial score (nSPS) is 10.7. The summed E-state index contributed by atoms with van der Waals surface area (Å²) in [4.78, 5) is 51.8. The van der Waals surface area contributed by atoms with Crippen molar-refractivity contribution < 1.29 is 14.4 Å². The van der Waals surface area contributed by atoms with E-state index >= 15 is 0 Å². The second-order valence-electron chi connectivity index (χ2n) is 9.26. The van der Waals surface area contributed by atoms with Crippen LogP contribution < -0.4 is 38.9 Å². The van der Waals surface area contributed by atoms with E-state index in [0.717, 1.165) is 10.8 Å². The van der Waals surface area contributed by atoms with Gasteiger partial charge in [0.05, 0.1) is 0 Å². The number of aromatic nitrogens is 2. The van der Waals surface area contributed by atoms with Crippen molar-refractivity contribution in [3.63, 3.8) is 0 Å². The van der Waals surface area contributed by atoms with Gasteiger partial charge in [-0.1, -0.05) is 6.07 Å². The first kappa shape index (κ1) is 28.5. The van der Waals surface area contributed by atoms with Crippen LogP contribution in [0, 0.1) is 0 Å². The van der Waals surface area contributed by atoms with E-state index in [1.165, 1.54) is 0 Å². The summed E-state index contributed by atoms with van der Waals surface area (Å²) in [5.41, 5.74) is 24.3. The standard InChI is InChI=1S/C27H33N11O3/c28-26(29)34-9-1-7-32-23(39)16-4-6-19-17(11-16)13-22(37-19)25(41)36-18-5-3-15-12-21(38-20(15)14-18)24(40)33-8-2-10-35-27(30)31/h3-6,11-14,37-38H,1-2,7-10H2,(H,32,39)(H,33,40)(H,36,41)(H4,28,29,34)(H4,30,31,35). The van der Waals surface area contributed by atoms with Gasteiger partial charge in [0.25, 0.3) is 17.7 Å². The number of nitrogens with two attached hydrogens (primary N) is 4. The molecule has 2 heterocycles. The van der Waals surface area contributed by atoms with Crippen LogP contribution in [-0.4, -0.2) is 65.8 Å². The van der Waals surface area contributed by atoms with Gasteiger partial charge in [0.15, 0.2) is 11.9 Å². The molecule has 0 radical (unpaired) electrons. The molecule has 0 spiro atoms. The van der Waals surface area contributed by atoms with Crippen molar-refractivity contribution in [1.29, 1.82) is 0 Å². The number of nitrogens with zero attached hydrogens (tertiary/aromatic N) is 2. The monoisotopic (exact) mass is 559 g/mol. The van der Waals surface area contributed by atoms with Gasteiger partial charge in [-0.3, -0.25) is 24.4 Å². The van der Waals surface area contributed by atoms with Gasteiger partial charge in [0.2, 0.25) is 0 Å². The summed E-state index contributed by atoms with van der Waals surface area (Å²) in [6, 6.07) is 13.9. The Kier molecular flexibility index (Phi) is 9.04. The Balaban J connectivity index is 1.36. The predicted molar refractivity (Wildman–Crippen MR) is 160 cm³/mol. The minimum atomic E-state index is -0.350. The lowest BCUT2D eigenvalue weighted by atomic mass is 10.1. The maximum Gasteiger partial charge on any atom is 0.272 e. The largest absolute Gasteiger partial charge is 0.370 e. The molecule has 0 unspecified atom stereocenters. The summed E-state index contributed by atoms with van der Waals surface area (Å²) in [7, 11) is 0. The molecule has 2 aromatic carbocycles. The third-order valence-electron chi connectivity index (χ3n) is 6.08. The smallest absolute Gasteiger partial charge is 0.272 e. The van der Waals surface area contributed by atoms with Crippen LogP contribution in [0.15, 0.2) is 58.5 Å². The molecule has 4 aromatic rings. The fourth-order valence-corrected chi connectivity index (χ4v) is 4.10. The zero-order valence-electron chi connectivity index (χ0n) is 22.3. The summed E-state index contributed by atoms with van der Waals surface area (Å²) in [5.74, 6) is -0.809. The number of hydrogen-bond donors (Lipinski definition) is 9. The number of nitrogens with one attached hydrogen (secondary N) is 5. The highest BCUT2D eigenvalue weighted by Crippen LogP contribution is 2.22. The Labute approximate surface area is 235 Å². The van der Waals surface area contributed by atoms with E-state index in [1.54, 1.807) is 42.5 Å². The number of rotatable bonds is 12. The molecule has 14 nitrogen and oxygen atoms in total. The van der Waals surface area contributed by atoms with E-state index in [9.17, 15) is 14.4 Å². The number of hydrogen-bond acceptors (Lipinski definition) is 5. The quantitative estimate of drug-likeness (QED) is 0.0681. The molecule has 0 aliphatic carbocycles. The van der Waals surface area contributed by atoms with E-state index in [2.05, 4.69) is 35.9 Å². The van der Waals surface area contributed by atoms with Crippen molar-refractivity contribution in [2.75, 3.05) is 31.5 Å². The number of aliphatic imine (C=N–C) groups is 2. The highest BCUT2D eigenvalue weighted by atomic mass is 16.2. The average Bonchev–Trinajstić information content (AvgIpc) is 3.56. The number of aromatic amines is 2. The van der Waals surface area contributed by atoms with E-state index < -0.39 is 0 Å². The lowest BCUT2D eigenvalue weighted by Gasteiger charge is -2.04. The fourth-order valence-electron chi connectivity index (χ4n) is 4.10. The molecule has 0 bridgehead atoms. The second-order valence-corrected chi connectivity index (χ2v) is 9.26. The summed E-state index contributed by atoms with van der Waals surface area (Å²) >= 11 is 0. The van der Waals surface area contributed by atoms with Crippen molar-refractivity contribution in [2.45, 2.75) is 12.8 Å².